The van der Waals surface area contributed by atoms with Crippen molar-refractivity contribution in [2.45, 2.75) is 19.2 Å². The van der Waals surface area contributed by atoms with Crippen LogP contribution in [0.3, 0.4) is 0 Å². The normalized spacial score (nSPS) is 17.2. The summed E-state index contributed by atoms with van der Waals surface area (Å²) in [4.78, 5) is 2.42. The molecule has 0 unspecified atom stereocenters. The van der Waals surface area contributed by atoms with Crippen molar-refractivity contribution < 1.29 is 4.74 Å². The average molecular weight is 585 g/mol. The summed E-state index contributed by atoms with van der Waals surface area (Å²) in [6.07, 6.45) is -0.284. The van der Waals surface area contributed by atoms with E-state index in [2.05, 4.69) is 153 Å². The van der Waals surface area contributed by atoms with E-state index in [1.165, 1.54) is 27.5 Å². The second-order valence-corrected chi connectivity index (χ2v) is 10.7. The molecule has 1 heterocycles. The van der Waals surface area contributed by atoms with Crippen LogP contribution in [0.2, 0.25) is 0 Å². The van der Waals surface area contributed by atoms with E-state index in [1.54, 1.807) is 0 Å². The summed E-state index contributed by atoms with van der Waals surface area (Å²) in [5.41, 5.74) is 5.87. The highest BCUT2D eigenvalue weighted by atomic mass is 79.9. The van der Waals surface area contributed by atoms with Crippen molar-refractivity contribution in [3.8, 4) is 5.75 Å². The van der Waals surface area contributed by atoms with Crippen LogP contribution < -0.4 is 9.64 Å². The number of aryl methyl sites for hydroxylation is 1. The van der Waals surface area contributed by atoms with E-state index in [1.807, 2.05) is 0 Å². The van der Waals surface area contributed by atoms with Crippen LogP contribution in [0.25, 0.3) is 10.8 Å². The van der Waals surface area contributed by atoms with Gasteiger partial charge < -0.3 is 9.64 Å². The van der Waals surface area contributed by atoms with Gasteiger partial charge in [-0.1, -0.05) is 104 Å². The van der Waals surface area contributed by atoms with Crippen LogP contribution in [0.1, 0.15) is 34.5 Å². The summed E-state index contributed by atoms with van der Waals surface area (Å²) in [6, 6.07) is 38.7. The summed E-state index contributed by atoms with van der Waals surface area (Å²) in [5, 5.41) is 2.42. The SMILES string of the molecule is Cc1ccc(N2[C@@H](c3ccc(Br)cc3)c3c(ccc4ccccc34)O[C@H]2c2ccc(Br)cc2)cc1. The topological polar surface area (TPSA) is 12.5 Å². The molecule has 0 N–H and O–H groups in total. The molecule has 0 amide bonds. The van der Waals surface area contributed by atoms with E-state index >= 15 is 0 Å². The van der Waals surface area contributed by atoms with Crippen LogP contribution in [0.15, 0.2) is 118 Å². The molecule has 0 radical (unpaired) electrons. The zero-order valence-corrected chi connectivity index (χ0v) is 22.3. The Balaban J connectivity index is 1.65. The first-order chi connectivity index (χ1) is 17.1. The van der Waals surface area contributed by atoms with Gasteiger partial charge in [0.25, 0.3) is 0 Å². The number of fused-ring (bicyclic) bond motifs is 3. The number of ether oxygens (including phenoxy) is 1. The van der Waals surface area contributed by atoms with E-state index in [4.69, 9.17) is 4.74 Å². The molecule has 0 saturated carbocycles. The summed E-state index contributed by atoms with van der Waals surface area (Å²) >= 11 is 7.21. The van der Waals surface area contributed by atoms with Gasteiger partial charge in [0.05, 0.1) is 6.04 Å². The molecule has 1 aliphatic rings. The molecule has 0 saturated heterocycles. The molecule has 4 heteroatoms. The average Bonchev–Trinajstić information content (AvgIpc) is 2.89. The quantitative estimate of drug-likeness (QED) is 0.209. The number of hydrogen-bond donors (Lipinski definition) is 0. The van der Waals surface area contributed by atoms with Gasteiger partial charge >= 0.3 is 0 Å². The first kappa shape index (κ1) is 22.4. The van der Waals surface area contributed by atoms with E-state index in [0.29, 0.717) is 0 Å². The van der Waals surface area contributed by atoms with Gasteiger partial charge in [0, 0.05) is 25.8 Å². The standard InChI is InChI=1S/C31H23Br2NO/c1-20-6-17-26(18-7-20)34-30(22-8-13-24(32)14-9-22)29-27-5-3-2-4-21(27)12-19-28(29)35-31(34)23-10-15-25(33)16-11-23/h2-19,30-31H,1H3/t30-,31-/m0/s1. The van der Waals surface area contributed by atoms with Gasteiger partial charge in [-0.2, -0.15) is 0 Å². The summed E-state index contributed by atoms with van der Waals surface area (Å²) in [5.74, 6) is 0.924. The molecule has 0 bridgehead atoms. The van der Waals surface area contributed by atoms with Crippen molar-refractivity contribution in [1.82, 2.24) is 0 Å². The van der Waals surface area contributed by atoms with Crippen molar-refractivity contribution in [2.75, 3.05) is 4.90 Å². The fourth-order valence-electron chi connectivity index (χ4n) is 4.94. The third-order valence-corrected chi connectivity index (χ3v) is 7.70. The molecule has 2 nitrogen and oxygen atoms in total. The van der Waals surface area contributed by atoms with Gasteiger partial charge in [-0.25, -0.2) is 0 Å². The Morgan fingerprint density at radius 1 is 0.657 bits per heavy atom. The fourth-order valence-corrected chi connectivity index (χ4v) is 5.47. The van der Waals surface area contributed by atoms with Crippen LogP contribution in [-0.4, -0.2) is 0 Å². The lowest BCUT2D eigenvalue weighted by atomic mass is 9.89. The Kier molecular flexibility index (Phi) is 5.87. The summed E-state index contributed by atoms with van der Waals surface area (Å²) in [6.45, 7) is 2.12. The number of benzene rings is 5. The number of nitrogens with zero attached hydrogens (tertiary/aromatic N) is 1. The first-order valence-corrected chi connectivity index (χ1v) is 13.2. The predicted octanol–water partition coefficient (Wildman–Crippen LogP) is 9.36. The Morgan fingerprint density at radius 3 is 1.97 bits per heavy atom. The molecule has 0 spiro atoms. The Bertz CT molecular complexity index is 1490. The highest BCUT2D eigenvalue weighted by Gasteiger charge is 2.39. The second kappa shape index (κ2) is 9.18. The van der Waals surface area contributed by atoms with Crippen molar-refractivity contribution in [3.63, 3.8) is 0 Å². The van der Waals surface area contributed by atoms with Gasteiger partial charge in [0.1, 0.15) is 5.75 Å². The lowest BCUT2D eigenvalue weighted by Crippen LogP contribution is -2.40. The van der Waals surface area contributed by atoms with E-state index in [-0.39, 0.29) is 12.3 Å². The third kappa shape index (κ3) is 4.15. The van der Waals surface area contributed by atoms with Crippen LogP contribution in [0, 0.1) is 6.92 Å². The first-order valence-electron chi connectivity index (χ1n) is 11.6. The van der Waals surface area contributed by atoms with E-state index in [9.17, 15) is 0 Å². The van der Waals surface area contributed by atoms with Gasteiger partial charge in [0.15, 0.2) is 6.23 Å². The second-order valence-electron chi connectivity index (χ2n) is 8.92. The smallest absolute Gasteiger partial charge is 0.199 e. The highest BCUT2D eigenvalue weighted by molar-refractivity contribution is 9.10. The van der Waals surface area contributed by atoms with Gasteiger partial charge in [-0.05, 0) is 65.7 Å². The molecule has 0 fully saturated rings. The molecule has 1 aliphatic heterocycles. The van der Waals surface area contributed by atoms with Gasteiger partial charge in [-0.15, -0.1) is 0 Å². The lowest BCUT2D eigenvalue weighted by Gasteiger charge is -2.45. The zero-order chi connectivity index (χ0) is 23.9. The van der Waals surface area contributed by atoms with E-state index in [0.717, 1.165) is 25.9 Å². The van der Waals surface area contributed by atoms with Gasteiger partial charge in [-0.3, -0.25) is 0 Å². The minimum absolute atomic E-state index is 0.0331. The minimum atomic E-state index is -0.284. The Hall–Kier alpha value is -3.08. The Labute approximate surface area is 222 Å². The number of rotatable bonds is 3. The molecule has 5 aromatic carbocycles. The molecule has 172 valence electrons. The predicted molar refractivity (Wildman–Crippen MR) is 151 cm³/mol. The minimum Gasteiger partial charge on any atom is -0.466 e. The number of halogens is 2. The summed E-state index contributed by atoms with van der Waals surface area (Å²) < 4.78 is 8.96. The van der Waals surface area contributed by atoms with E-state index < -0.39 is 0 Å². The largest absolute Gasteiger partial charge is 0.466 e. The molecular weight excluding hydrogens is 562 g/mol. The maximum absolute atomic E-state index is 6.84. The van der Waals surface area contributed by atoms with Crippen molar-refractivity contribution in [1.29, 1.82) is 0 Å². The molecule has 0 aliphatic carbocycles. The fraction of sp³-hybridized carbons (Fsp3) is 0.0968. The van der Waals surface area contributed by atoms with Crippen LogP contribution in [0.4, 0.5) is 5.69 Å². The maximum Gasteiger partial charge on any atom is 0.199 e. The van der Waals surface area contributed by atoms with Crippen LogP contribution in [0.5, 0.6) is 5.75 Å². The van der Waals surface area contributed by atoms with Crippen LogP contribution in [-0.2, 0) is 0 Å². The molecule has 35 heavy (non-hydrogen) atoms. The molecule has 0 aromatic heterocycles. The number of hydrogen-bond acceptors (Lipinski definition) is 2. The monoisotopic (exact) mass is 583 g/mol. The maximum atomic E-state index is 6.84. The van der Waals surface area contributed by atoms with Crippen molar-refractivity contribution >= 4 is 48.3 Å². The summed E-state index contributed by atoms with van der Waals surface area (Å²) in [7, 11) is 0. The highest BCUT2D eigenvalue weighted by Crippen LogP contribution is 2.50. The third-order valence-electron chi connectivity index (χ3n) is 6.65. The number of anilines is 1. The molecule has 5 aromatic rings. The molecule has 6 rings (SSSR count). The lowest BCUT2D eigenvalue weighted by molar-refractivity contribution is 0.170. The molecular formula is C31H23Br2NO. The van der Waals surface area contributed by atoms with Crippen molar-refractivity contribution in [3.05, 3.63) is 140 Å². The van der Waals surface area contributed by atoms with Crippen molar-refractivity contribution in [2.24, 2.45) is 0 Å². The van der Waals surface area contributed by atoms with Gasteiger partial charge in [0.2, 0.25) is 0 Å². The van der Waals surface area contributed by atoms with Crippen LogP contribution >= 0.6 is 31.9 Å². The Morgan fingerprint density at radius 2 is 1.29 bits per heavy atom. The molecule has 2 atom stereocenters. The zero-order valence-electron chi connectivity index (χ0n) is 19.2.